The highest BCUT2D eigenvalue weighted by Gasteiger charge is 2.22. The molecule has 0 spiro atoms. The van der Waals surface area contributed by atoms with E-state index >= 15 is 0 Å². The molecule has 3 rings (SSSR count). The molecule has 0 unspecified atom stereocenters. The molecular weight excluding hydrogens is 332 g/mol. The molecule has 0 bridgehead atoms. The maximum atomic E-state index is 5.87. The molecule has 1 aliphatic carbocycles. The van der Waals surface area contributed by atoms with Gasteiger partial charge in [0.15, 0.2) is 0 Å². The lowest BCUT2D eigenvalue weighted by Gasteiger charge is -2.10. The topological polar surface area (TPSA) is 57.4 Å². The highest BCUT2D eigenvalue weighted by Crippen LogP contribution is 2.31. The summed E-state index contributed by atoms with van der Waals surface area (Å²) in [5, 5.41) is 0. The van der Waals surface area contributed by atoms with Crippen LogP contribution in [-0.4, -0.2) is 11.6 Å². The van der Waals surface area contributed by atoms with E-state index in [0.29, 0.717) is 36.6 Å². The summed E-state index contributed by atoms with van der Waals surface area (Å²) in [6.07, 6.45) is 2.47. The SMILES string of the molecule is Nc1ccc(OCc2ccc(Br)cc2)nc1OCC1CC1. The lowest BCUT2D eigenvalue weighted by molar-refractivity contribution is 0.267. The Balaban J connectivity index is 1.61. The Bertz CT molecular complexity index is 612. The number of nitrogens with zero attached hydrogens (tertiary/aromatic N) is 1. The number of benzene rings is 1. The number of nitrogen functional groups attached to an aromatic ring is 1. The number of aromatic nitrogens is 1. The Morgan fingerprint density at radius 1 is 1.10 bits per heavy atom. The summed E-state index contributed by atoms with van der Waals surface area (Å²) in [6.45, 7) is 1.15. The van der Waals surface area contributed by atoms with Gasteiger partial charge in [0.25, 0.3) is 0 Å². The highest BCUT2D eigenvalue weighted by atomic mass is 79.9. The zero-order chi connectivity index (χ0) is 14.7. The molecule has 5 heteroatoms. The summed E-state index contributed by atoms with van der Waals surface area (Å²) in [7, 11) is 0. The van der Waals surface area contributed by atoms with Gasteiger partial charge in [-0.2, -0.15) is 4.98 Å². The van der Waals surface area contributed by atoms with Crippen LogP contribution < -0.4 is 15.2 Å². The van der Waals surface area contributed by atoms with Gasteiger partial charge in [0, 0.05) is 10.5 Å². The van der Waals surface area contributed by atoms with Gasteiger partial charge in [-0.05, 0) is 42.5 Å². The fraction of sp³-hybridized carbons (Fsp3) is 0.312. The number of nitrogens with two attached hydrogens (primary N) is 1. The first kappa shape index (κ1) is 14.2. The number of pyridine rings is 1. The maximum absolute atomic E-state index is 5.87. The van der Waals surface area contributed by atoms with Crippen LogP contribution in [0.4, 0.5) is 5.69 Å². The minimum absolute atomic E-state index is 0.465. The van der Waals surface area contributed by atoms with Crippen LogP contribution in [0.3, 0.4) is 0 Å². The van der Waals surface area contributed by atoms with Crippen molar-refractivity contribution in [1.82, 2.24) is 4.98 Å². The quantitative estimate of drug-likeness (QED) is 0.862. The Hall–Kier alpha value is -1.75. The molecule has 1 aromatic carbocycles. The minimum atomic E-state index is 0.465. The van der Waals surface area contributed by atoms with Crippen molar-refractivity contribution in [1.29, 1.82) is 0 Å². The average molecular weight is 349 g/mol. The number of ether oxygens (including phenoxy) is 2. The Labute approximate surface area is 132 Å². The summed E-state index contributed by atoms with van der Waals surface area (Å²) in [6, 6.07) is 11.5. The number of anilines is 1. The summed E-state index contributed by atoms with van der Waals surface area (Å²) in [5.74, 6) is 1.66. The molecule has 0 radical (unpaired) electrons. The van der Waals surface area contributed by atoms with Crippen molar-refractivity contribution >= 4 is 21.6 Å². The van der Waals surface area contributed by atoms with Crippen molar-refractivity contribution < 1.29 is 9.47 Å². The van der Waals surface area contributed by atoms with Crippen molar-refractivity contribution in [2.24, 2.45) is 5.92 Å². The van der Waals surface area contributed by atoms with Crippen LogP contribution in [-0.2, 0) is 6.61 Å². The van der Waals surface area contributed by atoms with Gasteiger partial charge in [-0.1, -0.05) is 28.1 Å². The van der Waals surface area contributed by atoms with E-state index in [1.54, 1.807) is 12.1 Å². The third kappa shape index (κ3) is 4.11. The summed E-state index contributed by atoms with van der Waals surface area (Å²) >= 11 is 3.41. The molecule has 0 aliphatic heterocycles. The summed E-state index contributed by atoms with van der Waals surface area (Å²) in [4.78, 5) is 4.33. The molecule has 0 amide bonds. The fourth-order valence-corrected chi connectivity index (χ4v) is 2.11. The smallest absolute Gasteiger partial charge is 0.240 e. The average Bonchev–Trinajstić information content (AvgIpc) is 3.31. The van der Waals surface area contributed by atoms with Crippen LogP contribution >= 0.6 is 15.9 Å². The van der Waals surface area contributed by atoms with Crippen LogP contribution in [0.15, 0.2) is 40.9 Å². The molecule has 2 aromatic rings. The van der Waals surface area contributed by atoms with Gasteiger partial charge in [0.05, 0.1) is 12.3 Å². The standard InChI is InChI=1S/C16H17BrN2O2/c17-13-5-3-12(4-6-13)9-20-15-8-7-14(18)16(19-15)21-10-11-1-2-11/h3-8,11H,1-2,9-10,18H2. The van der Waals surface area contributed by atoms with E-state index in [-0.39, 0.29) is 0 Å². The highest BCUT2D eigenvalue weighted by molar-refractivity contribution is 9.10. The number of rotatable bonds is 6. The Kier molecular flexibility index (Phi) is 4.29. The van der Waals surface area contributed by atoms with Gasteiger partial charge < -0.3 is 15.2 Å². The first-order chi connectivity index (χ1) is 10.2. The van der Waals surface area contributed by atoms with Gasteiger partial charge in [-0.15, -0.1) is 0 Å². The lowest BCUT2D eigenvalue weighted by Crippen LogP contribution is -2.05. The number of halogens is 1. The van der Waals surface area contributed by atoms with Crippen LogP contribution in [0.25, 0.3) is 0 Å². The Morgan fingerprint density at radius 3 is 2.57 bits per heavy atom. The molecule has 1 heterocycles. The van der Waals surface area contributed by atoms with Crippen molar-refractivity contribution in [3.05, 3.63) is 46.4 Å². The molecule has 0 atom stereocenters. The fourth-order valence-electron chi connectivity index (χ4n) is 1.85. The normalized spacial score (nSPS) is 14.0. The monoisotopic (exact) mass is 348 g/mol. The number of hydrogen-bond acceptors (Lipinski definition) is 4. The zero-order valence-electron chi connectivity index (χ0n) is 11.6. The van der Waals surface area contributed by atoms with Crippen molar-refractivity contribution in [3.63, 3.8) is 0 Å². The number of hydrogen-bond donors (Lipinski definition) is 1. The molecule has 1 fully saturated rings. The first-order valence-electron chi connectivity index (χ1n) is 6.97. The van der Waals surface area contributed by atoms with E-state index in [4.69, 9.17) is 15.2 Å². The maximum Gasteiger partial charge on any atom is 0.240 e. The van der Waals surface area contributed by atoms with Gasteiger partial charge in [0.2, 0.25) is 11.8 Å². The second-order valence-corrected chi connectivity index (χ2v) is 6.13. The third-order valence-corrected chi connectivity index (χ3v) is 3.85. The van der Waals surface area contributed by atoms with E-state index in [1.165, 1.54) is 12.8 Å². The largest absolute Gasteiger partial charge is 0.476 e. The van der Waals surface area contributed by atoms with E-state index in [1.807, 2.05) is 24.3 Å². The van der Waals surface area contributed by atoms with Crippen LogP contribution in [0.5, 0.6) is 11.8 Å². The van der Waals surface area contributed by atoms with E-state index < -0.39 is 0 Å². The molecule has 1 aromatic heterocycles. The van der Waals surface area contributed by atoms with Gasteiger partial charge >= 0.3 is 0 Å². The predicted octanol–water partition coefficient (Wildman–Crippen LogP) is 3.79. The third-order valence-electron chi connectivity index (χ3n) is 3.32. The van der Waals surface area contributed by atoms with E-state index in [0.717, 1.165) is 10.0 Å². The molecule has 110 valence electrons. The van der Waals surface area contributed by atoms with Crippen molar-refractivity contribution in [2.75, 3.05) is 12.3 Å². The molecule has 1 saturated carbocycles. The molecule has 0 saturated heterocycles. The van der Waals surface area contributed by atoms with Gasteiger partial charge in [-0.25, -0.2) is 0 Å². The molecular formula is C16H17BrN2O2. The second kappa shape index (κ2) is 6.35. The first-order valence-corrected chi connectivity index (χ1v) is 7.76. The van der Waals surface area contributed by atoms with Gasteiger partial charge in [0.1, 0.15) is 6.61 Å². The van der Waals surface area contributed by atoms with E-state index in [9.17, 15) is 0 Å². The molecule has 21 heavy (non-hydrogen) atoms. The van der Waals surface area contributed by atoms with E-state index in [2.05, 4.69) is 20.9 Å². The predicted molar refractivity (Wildman–Crippen MR) is 85.3 cm³/mol. The molecule has 2 N–H and O–H groups in total. The van der Waals surface area contributed by atoms with Crippen molar-refractivity contribution in [3.8, 4) is 11.8 Å². The van der Waals surface area contributed by atoms with Crippen LogP contribution in [0.1, 0.15) is 18.4 Å². The van der Waals surface area contributed by atoms with Gasteiger partial charge in [-0.3, -0.25) is 0 Å². The second-order valence-electron chi connectivity index (χ2n) is 5.21. The lowest BCUT2D eigenvalue weighted by atomic mass is 10.2. The minimum Gasteiger partial charge on any atom is -0.476 e. The summed E-state index contributed by atoms with van der Waals surface area (Å²) < 4.78 is 12.4. The molecule has 1 aliphatic rings. The van der Waals surface area contributed by atoms with Crippen LogP contribution in [0.2, 0.25) is 0 Å². The Morgan fingerprint density at radius 2 is 1.86 bits per heavy atom. The zero-order valence-corrected chi connectivity index (χ0v) is 13.2. The van der Waals surface area contributed by atoms with Crippen molar-refractivity contribution in [2.45, 2.75) is 19.4 Å². The molecule has 4 nitrogen and oxygen atoms in total. The van der Waals surface area contributed by atoms with Crippen LogP contribution in [0, 0.1) is 5.92 Å². The summed E-state index contributed by atoms with van der Waals surface area (Å²) in [5.41, 5.74) is 7.50.